The Hall–Kier alpha value is -3.14. The van der Waals surface area contributed by atoms with E-state index >= 15 is 0 Å². The molecule has 0 amide bonds. The van der Waals surface area contributed by atoms with Gasteiger partial charge in [-0.2, -0.15) is 0 Å². The van der Waals surface area contributed by atoms with E-state index in [9.17, 15) is 9.59 Å². The predicted octanol–water partition coefficient (Wildman–Crippen LogP) is 3.50. The molecule has 1 aromatic heterocycles. The summed E-state index contributed by atoms with van der Waals surface area (Å²) in [6, 6.07) is 14.6. The molecule has 0 aliphatic heterocycles. The van der Waals surface area contributed by atoms with Crippen LogP contribution in [0.25, 0.3) is 23.1 Å². The third kappa shape index (κ3) is 2.99. The van der Waals surface area contributed by atoms with Gasteiger partial charge in [-0.25, -0.2) is 4.79 Å². The van der Waals surface area contributed by atoms with Crippen LogP contribution in [-0.2, 0) is 11.8 Å². The number of ether oxygens (including phenoxy) is 1. The van der Waals surface area contributed by atoms with Crippen molar-refractivity contribution in [2.24, 2.45) is 7.05 Å². The lowest BCUT2D eigenvalue weighted by atomic mass is 10.1. The summed E-state index contributed by atoms with van der Waals surface area (Å²) in [6.45, 7) is 0. The van der Waals surface area contributed by atoms with Crippen molar-refractivity contribution in [2.75, 3.05) is 7.11 Å². The number of hydrogen-bond acceptors (Lipinski definition) is 3. The second-order valence-corrected chi connectivity index (χ2v) is 5.49. The number of aryl methyl sites for hydroxylation is 1. The van der Waals surface area contributed by atoms with E-state index < -0.39 is 0 Å². The van der Waals surface area contributed by atoms with Gasteiger partial charge in [0.25, 0.3) is 0 Å². The molecule has 2 aromatic carbocycles. The molecule has 0 unspecified atom stereocenters. The summed E-state index contributed by atoms with van der Waals surface area (Å²) in [5, 5.41) is 0.697. The van der Waals surface area contributed by atoms with Crippen molar-refractivity contribution in [3.05, 3.63) is 81.6 Å². The molecular weight excluding hydrogens is 302 g/mol. The number of para-hydroxylation sites is 1. The number of carbonyl (C=O) groups excluding carboxylic acids is 1. The van der Waals surface area contributed by atoms with Crippen molar-refractivity contribution >= 4 is 29.0 Å². The standard InChI is InChI=1S/C20H17NO3/c1-21-13-16(19(22)17-5-3-4-6-18(17)21)12-9-14-7-10-15(11-8-14)20(23)24-2/h3-13H,1-2H3/b12-9+. The lowest BCUT2D eigenvalue weighted by molar-refractivity contribution is 0.0600. The Bertz CT molecular complexity index is 982. The molecule has 0 aliphatic carbocycles. The molecule has 3 aromatic rings. The van der Waals surface area contributed by atoms with Crippen molar-refractivity contribution in [3.8, 4) is 0 Å². The quantitative estimate of drug-likeness (QED) is 0.694. The van der Waals surface area contributed by atoms with Crippen molar-refractivity contribution in [2.45, 2.75) is 0 Å². The van der Waals surface area contributed by atoms with Gasteiger partial charge in [0.05, 0.1) is 18.2 Å². The fourth-order valence-electron chi connectivity index (χ4n) is 2.62. The van der Waals surface area contributed by atoms with Crippen molar-refractivity contribution in [1.29, 1.82) is 0 Å². The summed E-state index contributed by atoms with van der Waals surface area (Å²) in [5.74, 6) is -0.367. The van der Waals surface area contributed by atoms with E-state index in [4.69, 9.17) is 0 Å². The van der Waals surface area contributed by atoms with Gasteiger partial charge in [-0.05, 0) is 35.9 Å². The first-order valence-corrected chi connectivity index (χ1v) is 7.55. The lowest BCUT2D eigenvalue weighted by Crippen LogP contribution is -2.10. The molecule has 0 radical (unpaired) electrons. The Morgan fingerprint density at radius 2 is 1.75 bits per heavy atom. The summed E-state index contributed by atoms with van der Waals surface area (Å²) in [7, 11) is 3.27. The second-order valence-electron chi connectivity index (χ2n) is 5.49. The number of methoxy groups -OCH3 is 1. The molecule has 0 fully saturated rings. The fourth-order valence-corrected chi connectivity index (χ4v) is 2.62. The number of fused-ring (bicyclic) bond motifs is 1. The summed E-state index contributed by atoms with van der Waals surface area (Å²) >= 11 is 0. The highest BCUT2D eigenvalue weighted by atomic mass is 16.5. The molecule has 4 nitrogen and oxygen atoms in total. The van der Waals surface area contributed by atoms with Crippen LogP contribution in [-0.4, -0.2) is 17.6 Å². The van der Waals surface area contributed by atoms with Crippen LogP contribution in [0.15, 0.2) is 59.5 Å². The lowest BCUT2D eigenvalue weighted by Gasteiger charge is -2.06. The first-order valence-electron chi connectivity index (χ1n) is 7.55. The fraction of sp³-hybridized carbons (Fsp3) is 0.100. The summed E-state index contributed by atoms with van der Waals surface area (Å²) in [6.07, 6.45) is 5.47. The molecule has 0 atom stereocenters. The van der Waals surface area contributed by atoms with Gasteiger partial charge in [-0.3, -0.25) is 4.79 Å². The van der Waals surface area contributed by atoms with Gasteiger partial charge in [-0.1, -0.05) is 30.3 Å². The molecule has 4 heteroatoms. The van der Waals surface area contributed by atoms with Gasteiger partial charge in [0.15, 0.2) is 5.43 Å². The highest BCUT2D eigenvalue weighted by molar-refractivity contribution is 5.89. The second kappa shape index (κ2) is 6.54. The zero-order chi connectivity index (χ0) is 17.1. The maximum atomic E-state index is 12.6. The molecule has 24 heavy (non-hydrogen) atoms. The van der Waals surface area contributed by atoms with Crippen LogP contribution in [0.1, 0.15) is 21.5 Å². The van der Waals surface area contributed by atoms with Gasteiger partial charge in [0.1, 0.15) is 0 Å². The number of aromatic nitrogens is 1. The first kappa shape index (κ1) is 15.7. The van der Waals surface area contributed by atoms with E-state index in [2.05, 4.69) is 4.74 Å². The highest BCUT2D eigenvalue weighted by Gasteiger charge is 2.05. The van der Waals surface area contributed by atoms with Crippen LogP contribution in [0.4, 0.5) is 0 Å². The Labute approximate surface area is 139 Å². The van der Waals surface area contributed by atoms with Gasteiger partial charge in [0, 0.05) is 24.2 Å². The van der Waals surface area contributed by atoms with Crippen molar-refractivity contribution in [1.82, 2.24) is 4.57 Å². The zero-order valence-corrected chi connectivity index (χ0v) is 13.5. The Kier molecular flexibility index (Phi) is 4.29. The monoisotopic (exact) mass is 319 g/mol. The number of benzene rings is 2. The van der Waals surface area contributed by atoms with Crippen molar-refractivity contribution in [3.63, 3.8) is 0 Å². The molecule has 0 aliphatic rings. The summed E-state index contributed by atoms with van der Waals surface area (Å²) in [5.41, 5.74) is 2.93. The SMILES string of the molecule is COC(=O)c1ccc(/C=C/c2cn(C)c3ccccc3c2=O)cc1. The van der Waals surface area contributed by atoms with E-state index in [-0.39, 0.29) is 11.4 Å². The van der Waals surface area contributed by atoms with Crippen molar-refractivity contribution < 1.29 is 9.53 Å². The number of esters is 1. The van der Waals surface area contributed by atoms with Crippen LogP contribution in [0.3, 0.4) is 0 Å². The largest absolute Gasteiger partial charge is 0.465 e. The Morgan fingerprint density at radius 1 is 1.04 bits per heavy atom. The average Bonchev–Trinajstić information content (AvgIpc) is 2.63. The van der Waals surface area contributed by atoms with Gasteiger partial charge >= 0.3 is 5.97 Å². The van der Waals surface area contributed by atoms with Gasteiger partial charge in [-0.15, -0.1) is 0 Å². The minimum atomic E-state index is -0.367. The molecule has 0 spiro atoms. The third-order valence-corrected chi connectivity index (χ3v) is 3.91. The molecule has 1 heterocycles. The number of hydrogen-bond donors (Lipinski definition) is 0. The van der Waals surface area contributed by atoms with Crippen LogP contribution in [0.5, 0.6) is 0 Å². The molecule has 120 valence electrons. The number of nitrogens with zero attached hydrogens (tertiary/aromatic N) is 1. The van der Waals surface area contributed by atoms with E-state index in [0.717, 1.165) is 11.1 Å². The average molecular weight is 319 g/mol. The van der Waals surface area contributed by atoms with Crippen LogP contribution in [0.2, 0.25) is 0 Å². The number of pyridine rings is 1. The minimum absolute atomic E-state index is 0.00568. The molecule has 0 saturated heterocycles. The summed E-state index contributed by atoms with van der Waals surface area (Å²) in [4.78, 5) is 24.0. The Morgan fingerprint density at radius 3 is 2.46 bits per heavy atom. The van der Waals surface area contributed by atoms with Crippen LogP contribution < -0.4 is 5.43 Å². The maximum absolute atomic E-state index is 12.6. The smallest absolute Gasteiger partial charge is 0.337 e. The van der Waals surface area contributed by atoms with Crippen LogP contribution >= 0.6 is 0 Å². The van der Waals surface area contributed by atoms with E-state index in [1.165, 1.54) is 7.11 Å². The topological polar surface area (TPSA) is 48.3 Å². The van der Waals surface area contributed by atoms with Crippen LogP contribution in [0, 0.1) is 0 Å². The first-order chi connectivity index (χ1) is 11.6. The maximum Gasteiger partial charge on any atom is 0.337 e. The number of rotatable bonds is 3. The third-order valence-electron chi connectivity index (χ3n) is 3.91. The van der Waals surface area contributed by atoms with E-state index in [1.807, 2.05) is 60.3 Å². The molecular formula is C20H17NO3. The molecule has 0 saturated carbocycles. The Balaban J connectivity index is 1.95. The molecule has 0 N–H and O–H groups in total. The highest BCUT2D eigenvalue weighted by Crippen LogP contribution is 2.13. The predicted molar refractivity (Wildman–Crippen MR) is 95.9 cm³/mol. The van der Waals surface area contributed by atoms with E-state index in [0.29, 0.717) is 16.5 Å². The number of carbonyl (C=O) groups is 1. The zero-order valence-electron chi connectivity index (χ0n) is 13.5. The normalized spacial score (nSPS) is 11.1. The summed E-state index contributed by atoms with van der Waals surface area (Å²) < 4.78 is 6.62. The minimum Gasteiger partial charge on any atom is -0.465 e. The molecule has 0 bridgehead atoms. The van der Waals surface area contributed by atoms with Gasteiger partial charge in [0.2, 0.25) is 0 Å². The van der Waals surface area contributed by atoms with E-state index in [1.54, 1.807) is 18.2 Å². The molecule has 3 rings (SSSR count). The van der Waals surface area contributed by atoms with Gasteiger partial charge < -0.3 is 9.30 Å².